The summed E-state index contributed by atoms with van der Waals surface area (Å²) in [5.74, 6) is -0.483. The van der Waals surface area contributed by atoms with Crippen molar-refractivity contribution in [1.29, 1.82) is 0 Å². The van der Waals surface area contributed by atoms with Crippen LogP contribution in [0.2, 0.25) is 0 Å². The summed E-state index contributed by atoms with van der Waals surface area (Å²) in [5.41, 5.74) is 10.0. The second kappa shape index (κ2) is 2.91. The minimum Gasteiger partial charge on any atom is -0.492 e. The molecule has 0 fully saturated rings. The van der Waals surface area contributed by atoms with E-state index in [0.29, 0.717) is 0 Å². The number of carbonyl (C=O) groups is 1. The molecule has 0 spiro atoms. The molecule has 1 heterocycles. The van der Waals surface area contributed by atoms with E-state index in [2.05, 4.69) is 15.3 Å². The normalized spacial score (nSPS) is 9.33. The lowest BCUT2D eigenvalue weighted by Gasteiger charge is -2.00. The van der Waals surface area contributed by atoms with Gasteiger partial charge in [0.1, 0.15) is 5.69 Å². The lowest BCUT2D eigenvalue weighted by atomic mass is 10.5. The van der Waals surface area contributed by atoms with Crippen LogP contribution < -0.4 is 16.8 Å². The zero-order valence-corrected chi connectivity index (χ0v) is 5.98. The Balaban J connectivity index is 2.89. The van der Waals surface area contributed by atoms with Crippen molar-refractivity contribution < 1.29 is 9.90 Å². The van der Waals surface area contributed by atoms with Crippen molar-refractivity contribution in [3.8, 4) is 5.88 Å². The molecule has 1 aromatic rings. The van der Waals surface area contributed by atoms with Crippen LogP contribution in [0.5, 0.6) is 5.88 Å². The molecule has 6 N–H and O–H groups in total. The number of carbonyl (C=O) groups excluding carboxylic acids is 1. The topological polar surface area (TPSA) is 127 Å². The average molecular weight is 169 g/mol. The van der Waals surface area contributed by atoms with E-state index in [1.54, 1.807) is 0 Å². The molecule has 0 bridgehead atoms. The summed E-state index contributed by atoms with van der Waals surface area (Å²) in [5, 5.41) is 11.0. The quantitative estimate of drug-likeness (QED) is 0.440. The van der Waals surface area contributed by atoms with Crippen LogP contribution in [0.4, 0.5) is 16.4 Å². The number of aromatic nitrogens is 2. The fourth-order valence-corrected chi connectivity index (χ4v) is 0.553. The van der Waals surface area contributed by atoms with Gasteiger partial charge in [-0.2, -0.15) is 4.98 Å². The molecular weight excluding hydrogens is 162 g/mol. The molecule has 1 rings (SSSR count). The van der Waals surface area contributed by atoms with Gasteiger partial charge in [-0.15, -0.1) is 0 Å². The molecule has 0 aromatic carbocycles. The molecule has 0 aliphatic rings. The first-order chi connectivity index (χ1) is 5.59. The molecule has 7 heteroatoms. The Kier molecular flexibility index (Phi) is 1.95. The Labute approximate surface area is 67.4 Å². The number of aromatic hydroxyl groups is 1. The predicted octanol–water partition coefficient (Wildman–Crippen LogP) is -0.745. The van der Waals surface area contributed by atoms with Gasteiger partial charge in [0.2, 0.25) is 11.8 Å². The number of primary amides is 1. The molecule has 0 saturated heterocycles. The van der Waals surface area contributed by atoms with E-state index in [1.807, 2.05) is 0 Å². The van der Waals surface area contributed by atoms with Crippen LogP contribution in [0, 0.1) is 0 Å². The maximum absolute atomic E-state index is 10.3. The third-order valence-electron chi connectivity index (χ3n) is 1.03. The molecule has 12 heavy (non-hydrogen) atoms. The summed E-state index contributed by atoms with van der Waals surface area (Å²) in [6, 6.07) is -0.806. The summed E-state index contributed by atoms with van der Waals surface area (Å²) in [6.07, 6.45) is 1.16. The number of nitrogens with zero attached hydrogens (tertiary/aromatic N) is 2. The number of hydrogen-bond donors (Lipinski definition) is 4. The zero-order valence-electron chi connectivity index (χ0n) is 5.98. The van der Waals surface area contributed by atoms with Crippen LogP contribution in [0.1, 0.15) is 0 Å². The van der Waals surface area contributed by atoms with Crippen LogP contribution in [0.15, 0.2) is 6.20 Å². The van der Waals surface area contributed by atoms with Gasteiger partial charge in [0.05, 0.1) is 6.20 Å². The van der Waals surface area contributed by atoms with E-state index in [0.717, 1.165) is 6.20 Å². The number of amides is 2. The second-order valence-corrected chi connectivity index (χ2v) is 1.96. The molecule has 7 nitrogen and oxygen atoms in total. The Morgan fingerprint density at radius 2 is 2.33 bits per heavy atom. The first kappa shape index (κ1) is 8.05. The lowest BCUT2D eigenvalue weighted by molar-refractivity contribution is 0.259. The molecule has 0 unspecified atom stereocenters. The number of nitrogen functional groups attached to an aromatic ring is 1. The van der Waals surface area contributed by atoms with E-state index in [1.165, 1.54) is 0 Å². The van der Waals surface area contributed by atoms with E-state index in [9.17, 15) is 4.79 Å². The van der Waals surface area contributed by atoms with Crippen LogP contribution in [-0.4, -0.2) is 21.1 Å². The highest BCUT2D eigenvalue weighted by Gasteiger charge is 2.03. The molecule has 0 aliphatic carbocycles. The summed E-state index contributed by atoms with van der Waals surface area (Å²) >= 11 is 0. The zero-order chi connectivity index (χ0) is 9.14. The van der Waals surface area contributed by atoms with Gasteiger partial charge in [-0.05, 0) is 0 Å². The van der Waals surface area contributed by atoms with Crippen LogP contribution in [-0.2, 0) is 0 Å². The van der Waals surface area contributed by atoms with E-state index < -0.39 is 11.9 Å². The molecular formula is C5H7N5O2. The van der Waals surface area contributed by atoms with Gasteiger partial charge in [0.25, 0.3) is 0 Å². The highest BCUT2D eigenvalue weighted by atomic mass is 16.3. The Hall–Kier alpha value is -2.05. The molecule has 0 saturated carbocycles. The summed E-state index contributed by atoms with van der Waals surface area (Å²) < 4.78 is 0. The van der Waals surface area contributed by atoms with Gasteiger partial charge in [0.15, 0.2) is 0 Å². The second-order valence-electron chi connectivity index (χ2n) is 1.96. The molecule has 1 aromatic heterocycles. The SMILES string of the molecule is NC(=O)Nc1ncc(N)c(O)n1. The smallest absolute Gasteiger partial charge is 0.319 e. The number of urea groups is 1. The first-order valence-electron chi connectivity index (χ1n) is 2.97. The minimum absolute atomic E-state index is 0.0324. The van der Waals surface area contributed by atoms with Gasteiger partial charge >= 0.3 is 6.03 Å². The van der Waals surface area contributed by atoms with E-state index >= 15 is 0 Å². The van der Waals surface area contributed by atoms with E-state index in [-0.39, 0.29) is 11.6 Å². The fourth-order valence-electron chi connectivity index (χ4n) is 0.553. The van der Waals surface area contributed by atoms with Gasteiger partial charge in [0, 0.05) is 0 Å². The third kappa shape index (κ3) is 1.72. The van der Waals surface area contributed by atoms with Crippen LogP contribution >= 0.6 is 0 Å². The van der Waals surface area contributed by atoms with E-state index in [4.69, 9.17) is 16.6 Å². The summed E-state index contributed by atoms with van der Waals surface area (Å²) in [7, 11) is 0. The van der Waals surface area contributed by atoms with Crippen LogP contribution in [0.25, 0.3) is 0 Å². The first-order valence-corrected chi connectivity index (χ1v) is 2.97. The van der Waals surface area contributed by atoms with Crippen LogP contribution in [0.3, 0.4) is 0 Å². The predicted molar refractivity (Wildman–Crippen MR) is 41.3 cm³/mol. The number of anilines is 2. The highest BCUT2D eigenvalue weighted by molar-refractivity contribution is 5.85. The molecule has 2 amide bonds. The Bertz CT molecular complexity index is 313. The highest BCUT2D eigenvalue weighted by Crippen LogP contribution is 2.15. The molecule has 0 radical (unpaired) electrons. The van der Waals surface area contributed by atoms with Gasteiger partial charge in [-0.25, -0.2) is 9.78 Å². The van der Waals surface area contributed by atoms with Gasteiger partial charge in [-0.1, -0.05) is 0 Å². The lowest BCUT2D eigenvalue weighted by Crippen LogP contribution is -2.20. The van der Waals surface area contributed by atoms with Crippen molar-refractivity contribution in [1.82, 2.24) is 9.97 Å². The average Bonchev–Trinajstić information content (AvgIpc) is 1.96. The van der Waals surface area contributed by atoms with Crippen molar-refractivity contribution in [2.45, 2.75) is 0 Å². The fraction of sp³-hybridized carbons (Fsp3) is 0. The van der Waals surface area contributed by atoms with Crippen molar-refractivity contribution in [3.05, 3.63) is 6.20 Å². The monoisotopic (exact) mass is 169 g/mol. The summed E-state index contributed by atoms with van der Waals surface area (Å²) in [6.45, 7) is 0. The Morgan fingerprint density at radius 1 is 1.67 bits per heavy atom. The molecule has 0 aliphatic heterocycles. The van der Waals surface area contributed by atoms with Crippen molar-refractivity contribution in [2.24, 2.45) is 5.73 Å². The van der Waals surface area contributed by atoms with Crippen molar-refractivity contribution >= 4 is 17.7 Å². The minimum atomic E-state index is -0.806. The van der Waals surface area contributed by atoms with Gasteiger partial charge in [-0.3, -0.25) is 5.32 Å². The van der Waals surface area contributed by atoms with Crippen molar-refractivity contribution in [2.75, 3.05) is 11.1 Å². The standard InChI is InChI=1S/C5H7N5O2/c6-2-1-8-5(9-3(2)11)10-4(7)12/h1H,6H2,(H4,7,8,9,10,11,12). The van der Waals surface area contributed by atoms with Gasteiger partial charge < -0.3 is 16.6 Å². The maximum Gasteiger partial charge on any atom is 0.319 e. The largest absolute Gasteiger partial charge is 0.492 e. The number of nitrogens with two attached hydrogens (primary N) is 2. The molecule has 0 atom stereocenters. The number of nitrogens with one attached hydrogen (secondary N) is 1. The number of hydrogen-bond acceptors (Lipinski definition) is 5. The number of rotatable bonds is 1. The third-order valence-corrected chi connectivity index (χ3v) is 1.03. The van der Waals surface area contributed by atoms with Crippen molar-refractivity contribution in [3.63, 3.8) is 0 Å². The summed E-state index contributed by atoms with van der Waals surface area (Å²) in [4.78, 5) is 17.3. The molecule has 64 valence electrons. The Morgan fingerprint density at radius 3 is 2.83 bits per heavy atom. The maximum atomic E-state index is 10.3.